The first-order valence-electron chi connectivity index (χ1n) is 8.38. The predicted molar refractivity (Wildman–Crippen MR) is 89.1 cm³/mol. The van der Waals surface area contributed by atoms with E-state index >= 15 is 0 Å². The van der Waals surface area contributed by atoms with Gasteiger partial charge in [0.05, 0.1) is 11.6 Å². The Balaban J connectivity index is 1.74. The first kappa shape index (κ1) is 18.3. The van der Waals surface area contributed by atoms with Crippen LogP contribution >= 0.6 is 0 Å². The summed E-state index contributed by atoms with van der Waals surface area (Å²) in [5.74, 6) is 1.24. The molecule has 2 rings (SSSR count). The topological polar surface area (TPSA) is 23.8 Å². The lowest BCUT2D eigenvalue weighted by Gasteiger charge is -2.26. The van der Waals surface area contributed by atoms with E-state index in [1.54, 1.807) is 18.2 Å². The highest BCUT2D eigenvalue weighted by molar-refractivity contribution is 5.24. The fraction of sp³-hybridized carbons (Fsp3) is 0.450. The molecular formula is C20H22F3N. The second-order valence-electron chi connectivity index (χ2n) is 6.39. The minimum atomic E-state index is -4.26. The van der Waals surface area contributed by atoms with Crippen molar-refractivity contribution in [3.63, 3.8) is 0 Å². The van der Waals surface area contributed by atoms with Gasteiger partial charge in [-0.05, 0) is 68.1 Å². The van der Waals surface area contributed by atoms with Crippen LogP contribution in [0.1, 0.15) is 43.2 Å². The average molecular weight is 333 g/mol. The number of aryl methyl sites for hydroxylation is 1. The van der Waals surface area contributed by atoms with Crippen LogP contribution in [0.2, 0.25) is 0 Å². The van der Waals surface area contributed by atoms with Crippen LogP contribution in [0.3, 0.4) is 0 Å². The molecule has 0 saturated heterocycles. The van der Waals surface area contributed by atoms with Crippen molar-refractivity contribution >= 4 is 0 Å². The molecule has 1 saturated carbocycles. The minimum absolute atomic E-state index is 0.579. The van der Waals surface area contributed by atoms with Gasteiger partial charge in [-0.25, -0.2) is 0 Å². The van der Waals surface area contributed by atoms with E-state index in [0.717, 1.165) is 44.1 Å². The molecule has 0 unspecified atom stereocenters. The number of nitrogens with zero attached hydrogens (tertiary/aromatic N) is 1. The molecule has 0 amide bonds. The number of rotatable bonds is 5. The van der Waals surface area contributed by atoms with Crippen molar-refractivity contribution in [2.24, 2.45) is 11.8 Å². The monoisotopic (exact) mass is 333 g/mol. The summed E-state index contributed by atoms with van der Waals surface area (Å²) in [6.07, 6.45) is 9.58. The lowest BCUT2D eigenvalue weighted by Crippen LogP contribution is -2.13. The number of hydrogen-bond donors (Lipinski definition) is 0. The van der Waals surface area contributed by atoms with E-state index in [1.165, 1.54) is 18.2 Å². The Bertz CT molecular complexity index is 597. The highest BCUT2D eigenvalue weighted by atomic mass is 19.4. The molecule has 0 heterocycles. The van der Waals surface area contributed by atoms with E-state index in [9.17, 15) is 13.2 Å². The van der Waals surface area contributed by atoms with Crippen LogP contribution in [0.4, 0.5) is 13.2 Å². The molecule has 0 bridgehead atoms. The fourth-order valence-electron chi connectivity index (χ4n) is 3.22. The molecule has 0 radical (unpaired) electrons. The quantitative estimate of drug-likeness (QED) is 0.473. The summed E-state index contributed by atoms with van der Waals surface area (Å²) in [7, 11) is 0. The fourth-order valence-corrected chi connectivity index (χ4v) is 3.22. The molecular weight excluding hydrogens is 311 g/mol. The molecule has 1 aromatic carbocycles. The van der Waals surface area contributed by atoms with Gasteiger partial charge in [0.25, 0.3) is 0 Å². The first-order chi connectivity index (χ1) is 11.5. The summed E-state index contributed by atoms with van der Waals surface area (Å²) in [6, 6.07) is 7.50. The third kappa shape index (κ3) is 5.88. The van der Waals surface area contributed by atoms with Gasteiger partial charge in [-0.2, -0.15) is 18.4 Å². The Morgan fingerprint density at radius 3 is 2.29 bits per heavy atom. The van der Waals surface area contributed by atoms with Crippen molar-refractivity contribution in [2.45, 2.75) is 44.7 Å². The van der Waals surface area contributed by atoms with Crippen LogP contribution < -0.4 is 0 Å². The first-order valence-corrected chi connectivity index (χ1v) is 8.38. The molecule has 1 fully saturated rings. The predicted octanol–water partition coefficient (Wildman–Crippen LogP) is 6.08. The Kier molecular flexibility index (Phi) is 6.66. The van der Waals surface area contributed by atoms with Crippen LogP contribution in [0.5, 0.6) is 0 Å². The average Bonchev–Trinajstić information content (AvgIpc) is 2.57. The van der Waals surface area contributed by atoms with E-state index in [0.29, 0.717) is 11.8 Å². The molecule has 0 spiro atoms. The summed E-state index contributed by atoms with van der Waals surface area (Å²) in [4.78, 5) is 0. The van der Waals surface area contributed by atoms with Gasteiger partial charge in [0.2, 0.25) is 0 Å². The highest BCUT2D eigenvalue weighted by Gasteiger charge is 2.29. The molecule has 1 aliphatic carbocycles. The van der Waals surface area contributed by atoms with Crippen LogP contribution in [0, 0.1) is 23.2 Å². The molecule has 4 heteroatoms. The standard InChI is InChI=1S/C20H22F3N/c21-20(22,23)19-13-11-18(12-14-19)10-9-17-7-5-16(6-8-17)4-2-1-3-15-24/h1-4,11-14,16-17H,5-10H2/b3-1+,4-2+/t16-,17-. The third-order valence-corrected chi connectivity index (χ3v) is 4.68. The summed E-state index contributed by atoms with van der Waals surface area (Å²) < 4.78 is 37.6. The third-order valence-electron chi connectivity index (χ3n) is 4.68. The van der Waals surface area contributed by atoms with Gasteiger partial charge < -0.3 is 0 Å². The lowest BCUT2D eigenvalue weighted by molar-refractivity contribution is -0.137. The molecule has 0 aliphatic heterocycles. The van der Waals surface area contributed by atoms with Gasteiger partial charge in [-0.1, -0.05) is 30.4 Å². The van der Waals surface area contributed by atoms with Crippen molar-refractivity contribution in [2.75, 3.05) is 0 Å². The molecule has 0 N–H and O–H groups in total. The van der Waals surface area contributed by atoms with Gasteiger partial charge in [0.15, 0.2) is 0 Å². The number of hydrogen-bond acceptors (Lipinski definition) is 1. The zero-order valence-corrected chi connectivity index (χ0v) is 13.6. The van der Waals surface area contributed by atoms with E-state index in [1.807, 2.05) is 12.1 Å². The van der Waals surface area contributed by atoms with Crippen molar-refractivity contribution in [1.82, 2.24) is 0 Å². The molecule has 128 valence electrons. The van der Waals surface area contributed by atoms with Crippen molar-refractivity contribution in [3.05, 3.63) is 59.7 Å². The summed E-state index contributed by atoms with van der Waals surface area (Å²) in [6.45, 7) is 0. The summed E-state index contributed by atoms with van der Waals surface area (Å²) in [5, 5.41) is 8.42. The minimum Gasteiger partial charge on any atom is -0.193 e. The van der Waals surface area contributed by atoms with Gasteiger partial charge in [0.1, 0.15) is 0 Å². The van der Waals surface area contributed by atoms with Crippen molar-refractivity contribution in [1.29, 1.82) is 5.26 Å². The van der Waals surface area contributed by atoms with Crippen LogP contribution in [-0.4, -0.2) is 0 Å². The Hall–Kier alpha value is -2.02. The Morgan fingerprint density at radius 1 is 1.04 bits per heavy atom. The summed E-state index contributed by atoms with van der Waals surface area (Å²) in [5.41, 5.74) is 0.399. The highest BCUT2D eigenvalue weighted by Crippen LogP contribution is 2.33. The second kappa shape index (κ2) is 8.73. The van der Waals surface area contributed by atoms with E-state index in [4.69, 9.17) is 5.26 Å². The Morgan fingerprint density at radius 2 is 1.71 bits per heavy atom. The maximum absolute atomic E-state index is 12.5. The zero-order chi connectivity index (χ0) is 17.4. The van der Waals surface area contributed by atoms with E-state index < -0.39 is 11.7 Å². The Labute approximate surface area is 141 Å². The SMILES string of the molecule is N#C/C=C/C=C/[C@H]1CC[C@H](CCc2ccc(C(F)(F)F)cc2)CC1. The molecule has 1 nitrogen and oxygen atoms in total. The van der Waals surface area contributed by atoms with Crippen LogP contribution in [-0.2, 0) is 12.6 Å². The van der Waals surface area contributed by atoms with Gasteiger partial charge in [-0.3, -0.25) is 0 Å². The normalized spacial score (nSPS) is 22.1. The van der Waals surface area contributed by atoms with Crippen LogP contribution in [0.25, 0.3) is 0 Å². The molecule has 0 aromatic heterocycles. The van der Waals surface area contributed by atoms with Crippen molar-refractivity contribution in [3.8, 4) is 6.07 Å². The lowest BCUT2D eigenvalue weighted by atomic mass is 9.79. The van der Waals surface area contributed by atoms with Crippen molar-refractivity contribution < 1.29 is 13.2 Å². The maximum Gasteiger partial charge on any atom is 0.416 e. The number of alkyl halides is 3. The number of allylic oxidation sites excluding steroid dienone is 4. The second-order valence-corrected chi connectivity index (χ2v) is 6.39. The van der Waals surface area contributed by atoms with E-state index in [2.05, 4.69) is 6.08 Å². The molecule has 0 atom stereocenters. The molecule has 24 heavy (non-hydrogen) atoms. The maximum atomic E-state index is 12.5. The smallest absolute Gasteiger partial charge is 0.193 e. The van der Waals surface area contributed by atoms with Gasteiger partial charge >= 0.3 is 6.18 Å². The number of benzene rings is 1. The number of nitriles is 1. The summed E-state index contributed by atoms with van der Waals surface area (Å²) >= 11 is 0. The largest absolute Gasteiger partial charge is 0.416 e. The van der Waals surface area contributed by atoms with Gasteiger partial charge in [0, 0.05) is 6.08 Å². The molecule has 1 aromatic rings. The molecule has 1 aliphatic rings. The van der Waals surface area contributed by atoms with Crippen LogP contribution in [0.15, 0.2) is 48.6 Å². The number of halogens is 3. The van der Waals surface area contributed by atoms with Gasteiger partial charge in [-0.15, -0.1) is 0 Å². The van der Waals surface area contributed by atoms with E-state index in [-0.39, 0.29) is 0 Å². The zero-order valence-electron chi connectivity index (χ0n) is 13.6.